The SMILES string of the molecule is CO/C=C/c1ccc(Br)cc1C(F)(F)F. The number of hydrogen-bond donors (Lipinski definition) is 0. The Hall–Kier alpha value is -0.970. The van der Waals surface area contributed by atoms with Crippen LogP contribution in [0.2, 0.25) is 0 Å². The number of rotatable bonds is 2. The van der Waals surface area contributed by atoms with E-state index >= 15 is 0 Å². The van der Waals surface area contributed by atoms with Gasteiger partial charge in [-0.25, -0.2) is 0 Å². The summed E-state index contributed by atoms with van der Waals surface area (Å²) in [4.78, 5) is 0. The Morgan fingerprint density at radius 3 is 2.53 bits per heavy atom. The van der Waals surface area contributed by atoms with Crippen molar-refractivity contribution in [2.45, 2.75) is 6.18 Å². The predicted octanol–water partition coefficient (Wildman–Crippen LogP) is 4.09. The van der Waals surface area contributed by atoms with Crippen LogP contribution in [0.15, 0.2) is 28.9 Å². The summed E-state index contributed by atoms with van der Waals surface area (Å²) < 4.78 is 42.7. The zero-order valence-electron chi connectivity index (χ0n) is 7.81. The summed E-state index contributed by atoms with van der Waals surface area (Å²) in [6, 6.07) is 3.96. The number of hydrogen-bond acceptors (Lipinski definition) is 1. The van der Waals surface area contributed by atoms with Gasteiger partial charge in [0.25, 0.3) is 0 Å². The quantitative estimate of drug-likeness (QED) is 0.742. The fraction of sp³-hybridized carbons (Fsp3) is 0.200. The Morgan fingerprint density at radius 2 is 2.00 bits per heavy atom. The van der Waals surface area contributed by atoms with Crippen LogP contribution in [0.5, 0.6) is 0 Å². The van der Waals surface area contributed by atoms with Gasteiger partial charge in [-0.15, -0.1) is 0 Å². The monoisotopic (exact) mass is 280 g/mol. The third kappa shape index (κ3) is 3.27. The smallest absolute Gasteiger partial charge is 0.417 e. The fourth-order valence-electron chi connectivity index (χ4n) is 1.06. The van der Waals surface area contributed by atoms with E-state index in [2.05, 4.69) is 20.7 Å². The van der Waals surface area contributed by atoms with E-state index in [1.807, 2.05) is 0 Å². The van der Waals surface area contributed by atoms with Gasteiger partial charge in [0.15, 0.2) is 0 Å². The van der Waals surface area contributed by atoms with E-state index in [0.29, 0.717) is 4.47 Å². The van der Waals surface area contributed by atoms with E-state index in [1.54, 1.807) is 6.07 Å². The first kappa shape index (κ1) is 12.1. The molecule has 0 aliphatic heterocycles. The lowest BCUT2D eigenvalue weighted by Gasteiger charge is -2.10. The second-order valence-electron chi connectivity index (χ2n) is 2.77. The summed E-state index contributed by atoms with van der Waals surface area (Å²) in [6.45, 7) is 0. The number of alkyl halides is 3. The zero-order chi connectivity index (χ0) is 11.5. The van der Waals surface area contributed by atoms with Gasteiger partial charge in [-0.2, -0.15) is 13.2 Å². The summed E-state index contributed by atoms with van der Waals surface area (Å²) >= 11 is 3.00. The first-order valence-corrected chi connectivity index (χ1v) is 4.80. The molecule has 0 saturated carbocycles. The first-order chi connectivity index (χ1) is 6.95. The molecule has 0 aliphatic rings. The highest BCUT2D eigenvalue weighted by molar-refractivity contribution is 9.10. The van der Waals surface area contributed by atoms with Crippen molar-refractivity contribution in [1.29, 1.82) is 0 Å². The topological polar surface area (TPSA) is 9.23 Å². The second kappa shape index (κ2) is 4.70. The zero-order valence-corrected chi connectivity index (χ0v) is 9.39. The summed E-state index contributed by atoms with van der Waals surface area (Å²) in [7, 11) is 1.38. The van der Waals surface area contributed by atoms with Crippen molar-refractivity contribution in [2.75, 3.05) is 7.11 Å². The minimum absolute atomic E-state index is 0.0764. The Morgan fingerprint density at radius 1 is 1.33 bits per heavy atom. The first-order valence-electron chi connectivity index (χ1n) is 4.01. The van der Waals surface area contributed by atoms with Crippen LogP contribution in [-0.2, 0) is 10.9 Å². The number of methoxy groups -OCH3 is 1. The molecule has 0 aromatic heterocycles. The maximum Gasteiger partial charge on any atom is 0.417 e. The second-order valence-corrected chi connectivity index (χ2v) is 3.68. The molecule has 0 unspecified atom stereocenters. The molecule has 0 atom stereocenters. The van der Waals surface area contributed by atoms with Crippen molar-refractivity contribution in [3.63, 3.8) is 0 Å². The highest BCUT2D eigenvalue weighted by Crippen LogP contribution is 2.34. The largest absolute Gasteiger partial charge is 0.504 e. The number of halogens is 4. The van der Waals surface area contributed by atoms with Crippen LogP contribution in [-0.4, -0.2) is 7.11 Å². The molecule has 1 nitrogen and oxygen atoms in total. The van der Waals surface area contributed by atoms with Crippen LogP contribution in [0.3, 0.4) is 0 Å². The van der Waals surface area contributed by atoms with Crippen LogP contribution in [0.1, 0.15) is 11.1 Å². The molecule has 0 aliphatic carbocycles. The predicted molar refractivity (Wildman–Crippen MR) is 55.2 cm³/mol. The van der Waals surface area contributed by atoms with Crippen LogP contribution in [0.4, 0.5) is 13.2 Å². The van der Waals surface area contributed by atoms with Crippen molar-refractivity contribution in [3.8, 4) is 0 Å². The third-order valence-corrected chi connectivity index (χ3v) is 2.20. The minimum Gasteiger partial charge on any atom is -0.504 e. The Bertz CT molecular complexity index is 371. The fourth-order valence-corrected chi connectivity index (χ4v) is 1.42. The van der Waals surface area contributed by atoms with Gasteiger partial charge < -0.3 is 4.74 Å². The lowest BCUT2D eigenvalue weighted by molar-refractivity contribution is -0.137. The number of ether oxygens (including phenoxy) is 1. The van der Waals surface area contributed by atoms with Gasteiger partial charge in [-0.3, -0.25) is 0 Å². The molecule has 0 fully saturated rings. The maximum absolute atomic E-state index is 12.6. The van der Waals surface area contributed by atoms with Crippen molar-refractivity contribution in [1.82, 2.24) is 0 Å². The molecule has 0 saturated heterocycles. The van der Waals surface area contributed by atoms with Gasteiger partial charge in [0.2, 0.25) is 0 Å². The average Bonchev–Trinajstić information content (AvgIpc) is 2.14. The molecule has 82 valence electrons. The molecule has 0 radical (unpaired) electrons. The average molecular weight is 281 g/mol. The van der Waals surface area contributed by atoms with Gasteiger partial charge in [0, 0.05) is 4.47 Å². The molecule has 1 aromatic rings. The van der Waals surface area contributed by atoms with Gasteiger partial charge in [0.05, 0.1) is 18.9 Å². The lowest BCUT2D eigenvalue weighted by atomic mass is 10.1. The third-order valence-electron chi connectivity index (χ3n) is 1.70. The standard InChI is InChI=1S/C10H8BrF3O/c1-15-5-4-7-2-3-8(11)6-9(7)10(12,13)14/h2-6H,1H3/b5-4+. The summed E-state index contributed by atoms with van der Waals surface area (Å²) in [5.74, 6) is 0. The molecule has 0 spiro atoms. The Kier molecular flexibility index (Phi) is 3.79. The Balaban J connectivity index is 3.21. The van der Waals surface area contributed by atoms with Gasteiger partial charge in [-0.05, 0) is 23.8 Å². The van der Waals surface area contributed by atoms with Gasteiger partial charge >= 0.3 is 6.18 Å². The molecule has 1 aromatic carbocycles. The van der Waals surface area contributed by atoms with E-state index in [1.165, 1.54) is 25.5 Å². The van der Waals surface area contributed by atoms with E-state index in [4.69, 9.17) is 0 Å². The van der Waals surface area contributed by atoms with Crippen molar-refractivity contribution in [3.05, 3.63) is 40.1 Å². The molecule has 0 N–H and O–H groups in total. The molecule has 0 bridgehead atoms. The van der Waals surface area contributed by atoms with Crippen molar-refractivity contribution in [2.24, 2.45) is 0 Å². The van der Waals surface area contributed by atoms with Gasteiger partial charge in [0.1, 0.15) is 0 Å². The molecule has 5 heteroatoms. The molecule has 15 heavy (non-hydrogen) atoms. The number of benzene rings is 1. The minimum atomic E-state index is -4.36. The summed E-state index contributed by atoms with van der Waals surface area (Å²) in [5.41, 5.74) is -0.613. The summed E-state index contributed by atoms with van der Waals surface area (Å²) in [6.07, 6.45) is -1.88. The summed E-state index contributed by atoms with van der Waals surface area (Å²) in [5, 5.41) is 0. The molecular formula is C10H8BrF3O. The van der Waals surface area contributed by atoms with E-state index in [-0.39, 0.29) is 5.56 Å². The van der Waals surface area contributed by atoms with E-state index in [9.17, 15) is 13.2 Å². The highest BCUT2D eigenvalue weighted by Gasteiger charge is 2.32. The maximum atomic E-state index is 12.6. The van der Waals surface area contributed by atoms with Crippen molar-refractivity contribution >= 4 is 22.0 Å². The van der Waals surface area contributed by atoms with Crippen LogP contribution in [0.25, 0.3) is 6.08 Å². The van der Waals surface area contributed by atoms with Crippen molar-refractivity contribution < 1.29 is 17.9 Å². The Labute approximate surface area is 93.7 Å². The normalized spacial score (nSPS) is 12.1. The lowest BCUT2D eigenvalue weighted by Crippen LogP contribution is -2.07. The van der Waals surface area contributed by atoms with E-state index < -0.39 is 11.7 Å². The van der Waals surface area contributed by atoms with Crippen LogP contribution < -0.4 is 0 Å². The van der Waals surface area contributed by atoms with Crippen LogP contribution >= 0.6 is 15.9 Å². The van der Waals surface area contributed by atoms with Crippen LogP contribution in [0, 0.1) is 0 Å². The molecular weight excluding hydrogens is 273 g/mol. The molecule has 0 amide bonds. The van der Waals surface area contributed by atoms with Gasteiger partial charge in [-0.1, -0.05) is 22.0 Å². The molecule has 0 heterocycles. The molecule has 1 rings (SSSR count). The highest BCUT2D eigenvalue weighted by atomic mass is 79.9. The van der Waals surface area contributed by atoms with E-state index in [0.717, 1.165) is 6.07 Å².